The Kier molecular flexibility index (Phi) is 2.93. The van der Waals surface area contributed by atoms with Crippen molar-refractivity contribution in [3.8, 4) is 0 Å². The fourth-order valence-electron chi connectivity index (χ4n) is 1.96. The molecular weight excluding hydrogens is 177 g/mol. The lowest BCUT2D eigenvalue weighted by atomic mass is 9.70. The Balaban J connectivity index is 2.67. The van der Waals surface area contributed by atoms with Crippen LogP contribution >= 0.6 is 0 Å². The van der Waals surface area contributed by atoms with E-state index in [-0.39, 0.29) is 24.2 Å². The first-order valence-corrected chi connectivity index (χ1v) is 4.74. The van der Waals surface area contributed by atoms with E-state index in [0.717, 1.165) is 0 Å². The van der Waals surface area contributed by atoms with Gasteiger partial charge in [-0.15, -0.1) is 0 Å². The molecule has 0 aromatic heterocycles. The van der Waals surface area contributed by atoms with Gasteiger partial charge in [-0.1, -0.05) is 20.8 Å². The van der Waals surface area contributed by atoms with Crippen molar-refractivity contribution in [3.05, 3.63) is 0 Å². The predicted octanol–water partition coefficient (Wildman–Crippen LogP) is 3.46. The first-order chi connectivity index (χ1) is 5.82. The number of alkyl halides is 3. The molecule has 3 heteroatoms. The first kappa shape index (κ1) is 10.9. The molecule has 1 saturated carbocycles. The van der Waals surface area contributed by atoms with E-state index in [2.05, 4.69) is 0 Å². The van der Waals surface area contributed by atoms with Gasteiger partial charge in [0.1, 0.15) is 18.5 Å². The van der Waals surface area contributed by atoms with Crippen LogP contribution in [0, 0.1) is 11.3 Å². The monoisotopic (exact) mass is 194 g/mol. The Bertz CT molecular complexity index is 173. The number of hydrogen-bond donors (Lipinski definition) is 0. The van der Waals surface area contributed by atoms with E-state index >= 15 is 0 Å². The van der Waals surface area contributed by atoms with Gasteiger partial charge in [0, 0.05) is 6.42 Å². The van der Waals surface area contributed by atoms with Gasteiger partial charge >= 0.3 is 0 Å². The smallest absolute Gasteiger partial charge is 0.134 e. The maximum Gasteiger partial charge on any atom is 0.134 e. The fourth-order valence-corrected chi connectivity index (χ4v) is 1.96. The summed E-state index contributed by atoms with van der Waals surface area (Å²) in [5.41, 5.74) is -0.274. The highest BCUT2D eigenvalue weighted by atomic mass is 19.2. The van der Waals surface area contributed by atoms with Crippen molar-refractivity contribution in [2.45, 2.75) is 52.1 Å². The van der Waals surface area contributed by atoms with Crippen molar-refractivity contribution in [2.24, 2.45) is 11.3 Å². The van der Waals surface area contributed by atoms with Gasteiger partial charge < -0.3 is 0 Å². The molecule has 0 amide bonds. The molecule has 0 saturated heterocycles. The highest BCUT2D eigenvalue weighted by molar-refractivity contribution is 4.91. The summed E-state index contributed by atoms with van der Waals surface area (Å²) in [5.74, 6) is -0.352. The molecule has 0 aromatic rings. The maximum atomic E-state index is 13.4. The quantitative estimate of drug-likeness (QED) is 0.554. The Morgan fingerprint density at radius 1 is 0.846 bits per heavy atom. The van der Waals surface area contributed by atoms with Gasteiger partial charge in [0.25, 0.3) is 0 Å². The zero-order valence-electron chi connectivity index (χ0n) is 8.36. The van der Waals surface area contributed by atoms with Crippen molar-refractivity contribution < 1.29 is 13.2 Å². The minimum atomic E-state index is -1.60. The third-order valence-corrected chi connectivity index (χ3v) is 2.87. The Hall–Kier alpha value is -0.210. The number of halogens is 3. The van der Waals surface area contributed by atoms with Gasteiger partial charge in [-0.05, 0) is 17.8 Å². The average molecular weight is 194 g/mol. The lowest BCUT2D eigenvalue weighted by Crippen LogP contribution is -2.41. The molecule has 0 aromatic carbocycles. The maximum absolute atomic E-state index is 13.4. The van der Waals surface area contributed by atoms with Crippen molar-refractivity contribution in [1.29, 1.82) is 0 Å². The normalized spacial score (nSPS) is 42.0. The molecule has 0 nitrogen and oxygen atoms in total. The second-order valence-electron chi connectivity index (χ2n) is 4.99. The zero-order valence-corrected chi connectivity index (χ0v) is 8.36. The van der Waals surface area contributed by atoms with Gasteiger partial charge in [0.15, 0.2) is 0 Å². The molecule has 0 N–H and O–H groups in total. The van der Waals surface area contributed by atoms with Crippen molar-refractivity contribution >= 4 is 0 Å². The molecule has 0 radical (unpaired) electrons. The van der Waals surface area contributed by atoms with Crippen LogP contribution in [-0.4, -0.2) is 18.5 Å². The summed E-state index contributed by atoms with van der Waals surface area (Å²) in [4.78, 5) is 0. The molecule has 4 unspecified atom stereocenters. The van der Waals surface area contributed by atoms with E-state index in [4.69, 9.17) is 0 Å². The Morgan fingerprint density at radius 3 is 1.77 bits per heavy atom. The predicted molar refractivity (Wildman–Crippen MR) is 46.9 cm³/mol. The van der Waals surface area contributed by atoms with E-state index in [1.807, 2.05) is 20.8 Å². The third kappa shape index (κ3) is 2.38. The zero-order chi connectivity index (χ0) is 10.2. The molecular formula is C10H17F3. The van der Waals surface area contributed by atoms with Gasteiger partial charge in [-0.3, -0.25) is 0 Å². The second-order valence-corrected chi connectivity index (χ2v) is 4.99. The van der Waals surface area contributed by atoms with Gasteiger partial charge in [-0.25, -0.2) is 13.2 Å². The SMILES string of the molecule is CC(C)(C)C1CC(F)C(F)CC1F. The van der Waals surface area contributed by atoms with Crippen LogP contribution in [0.25, 0.3) is 0 Å². The summed E-state index contributed by atoms with van der Waals surface area (Å²) >= 11 is 0. The van der Waals surface area contributed by atoms with Crippen LogP contribution in [0.3, 0.4) is 0 Å². The highest BCUT2D eigenvalue weighted by Gasteiger charge is 2.42. The van der Waals surface area contributed by atoms with Crippen LogP contribution in [0.15, 0.2) is 0 Å². The van der Waals surface area contributed by atoms with E-state index in [0.29, 0.717) is 0 Å². The van der Waals surface area contributed by atoms with E-state index in [1.165, 1.54) is 0 Å². The van der Waals surface area contributed by atoms with Crippen molar-refractivity contribution in [1.82, 2.24) is 0 Å². The summed E-state index contributed by atoms with van der Waals surface area (Å²) in [6.07, 6.45) is -4.53. The molecule has 0 bridgehead atoms. The van der Waals surface area contributed by atoms with Crippen molar-refractivity contribution in [3.63, 3.8) is 0 Å². The summed E-state index contributed by atoms with van der Waals surface area (Å²) < 4.78 is 39.1. The van der Waals surface area contributed by atoms with Crippen LogP contribution < -0.4 is 0 Å². The molecule has 78 valence electrons. The highest BCUT2D eigenvalue weighted by Crippen LogP contribution is 2.41. The Labute approximate surface area is 77.5 Å². The summed E-state index contributed by atoms with van der Waals surface area (Å²) in [6.45, 7) is 5.61. The van der Waals surface area contributed by atoms with E-state index < -0.39 is 18.5 Å². The van der Waals surface area contributed by atoms with E-state index in [1.54, 1.807) is 0 Å². The lowest BCUT2D eigenvalue weighted by molar-refractivity contribution is -0.0115. The van der Waals surface area contributed by atoms with Crippen LogP contribution in [-0.2, 0) is 0 Å². The number of rotatable bonds is 0. The van der Waals surface area contributed by atoms with E-state index in [9.17, 15) is 13.2 Å². The molecule has 1 rings (SSSR count). The standard InChI is InChI=1S/C10H17F3/c1-10(2,3)6-4-8(12)9(13)5-7(6)11/h6-9H,4-5H2,1-3H3. The molecule has 1 aliphatic rings. The minimum Gasteiger partial charge on any atom is -0.247 e. The first-order valence-electron chi connectivity index (χ1n) is 4.74. The van der Waals surface area contributed by atoms with Crippen LogP contribution in [0.2, 0.25) is 0 Å². The largest absolute Gasteiger partial charge is 0.247 e. The van der Waals surface area contributed by atoms with Gasteiger partial charge in [-0.2, -0.15) is 0 Å². The van der Waals surface area contributed by atoms with Gasteiger partial charge in [0.2, 0.25) is 0 Å². The molecule has 0 aliphatic heterocycles. The van der Waals surface area contributed by atoms with Crippen LogP contribution in [0.1, 0.15) is 33.6 Å². The molecule has 0 spiro atoms. The fraction of sp³-hybridized carbons (Fsp3) is 1.00. The summed E-state index contributed by atoms with van der Waals surface area (Å²) in [6, 6.07) is 0. The minimum absolute atomic E-state index is 0.0197. The number of hydrogen-bond acceptors (Lipinski definition) is 0. The molecule has 0 heterocycles. The topological polar surface area (TPSA) is 0 Å². The summed E-state index contributed by atoms with van der Waals surface area (Å²) in [5, 5.41) is 0. The van der Waals surface area contributed by atoms with Crippen molar-refractivity contribution in [2.75, 3.05) is 0 Å². The third-order valence-electron chi connectivity index (χ3n) is 2.87. The Morgan fingerprint density at radius 2 is 1.31 bits per heavy atom. The lowest BCUT2D eigenvalue weighted by Gasteiger charge is -2.38. The molecule has 1 fully saturated rings. The van der Waals surface area contributed by atoms with Crippen LogP contribution in [0.5, 0.6) is 0 Å². The molecule has 13 heavy (non-hydrogen) atoms. The molecule has 1 aliphatic carbocycles. The summed E-state index contributed by atoms with van der Waals surface area (Å²) in [7, 11) is 0. The second kappa shape index (κ2) is 3.50. The van der Waals surface area contributed by atoms with Crippen LogP contribution in [0.4, 0.5) is 13.2 Å². The average Bonchev–Trinajstić information content (AvgIpc) is 1.94. The van der Waals surface area contributed by atoms with Gasteiger partial charge in [0.05, 0.1) is 0 Å². The molecule has 4 atom stereocenters.